The average molecular weight is 292 g/mol. The highest BCUT2D eigenvalue weighted by Crippen LogP contribution is 2.26. The van der Waals surface area contributed by atoms with Crippen LogP contribution in [0.5, 0.6) is 0 Å². The van der Waals surface area contributed by atoms with Crippen LogP contribution in [0.15, 0.2) is 54.6 Å². The first-order valence-electron chi connectivity index (χ1n) is 7.65. The summed E-state index contributed by atoms with van der Waals surface area (Å²) in [6, 6.07) is 18.1. The van der Waals surface area contributed by atoms with Crippen molar-refractivity contribution >= 4 is 28.4 Å². The molecule has 0 aliphatic rings. The second-order valence-electron chi connectivity index (χ2n) is 5.05. The third-order valence-electron chi connectivity index (χ3n) is 3.68. The van der Waals surface area contributed by atoms with Crippen molar-refractivity contribution < 1.29 is 0 Å². The number of fused-ring (bicyclic) bond motifs is 1. The Labute approximate surface area is 130 Å². The Morgan fingerprint density at radius 3 is 2.27 bits per heavy atom. The van der Waals surface area contributed by atoms with Crippen molar-refractivity contribution in [3.05, 3.63) is 54.6 Å². The summed E-state index contributed by atoms with van der Waals surface area (Å²) in [6.07, 6.45) is 0. The summed E-state index contributed by atoms with van der Waals surface area (Å²) in [5, 5.41) is 4.38. The Hall–Kier alpha value is -2.62. The summed E-state index contributed by atoms with van der Waals surface area (Å²) in [6.45, 7) is 6.12. The van der Waals surface area contributed by atoms with Gasteiger partial charge in [-0.3, -0.25) is 0 Å². The molecule has 0 unspecified atom stereocenters. The highest BCUT2D eigenvalue weighted by molar-refractivity contribution is 5.90. The highest BCUT2D eigenvalue weighted by Gasteiger charge is 2.12. The van der Waals surface area contributed by atoms with Crippen LogP contribution in [-0.4, -0.2) is 23.1 Å². The third kappa shape index (κ3) is 2.86. The average Bonchev–Trinajstić information content (AvgIpc) is 2.57. The molecule has 0 fully saturated rings. The Morgan fingerprint density at radius 2 is 1.55 bits per heavy atom. The molecule has 4 heteroatoms. The van der Waals surface area contributed by atoms with E-state index in [-0.39, 0.29) is 0 Å². The number of nitrogens with zero attached hydrogens (tertiary/aromatic N) is 3. The maximum Gasteiger partial charge on any atom is 0.229 e. The van der Waals surface area contributed by atoms with Gasteiger partial charge in [0.05, 0.1) is 5.52 Å². The van der Waals surface area contributed by atoms with E-state index in [1.165, 1.54) is 0 Å². The van der Waals surface area contributed by atoms with Gasteiger partial charge in [-0.2, -0.15) is 4.98 Å². The molecule has 3 aromatic rings. The van der Waals surface area contributed by atoms with Crippen LogP contribution in [0.2, 0.25) is 0 Å². The van der Waals surface area contributed by atoms with E-state index in [0.29, 0.717) is 5.95 Å². The third-order valence-corrected chi connectivity index (χ3v) is 3.68. The van der Waals surface area contributed by atoms with Crippen molar-refractivity contribution in [2.24, 2.45) is 0 Å². The molecule has 0 aliphatic heterocycles. The summed E-state index contributed by atoms with van der Waals surface area (Å²) in [4.78, 5) is 11.6. The number of rotatable bonds is 5. The number of para-hydroxylation sites is 2. The quantitative estimate of drug-likeness (QED) is 0.764. The molecule has 112 valence electrons. The lowest BCUT2D eigenvalue weighted by molar-refractivity contribution is 0.850. The molecule has 3 rings (SSSR count). The Morgan fingerprint density at radius 1 is 0.864 bits per heavy atom. The minimum atomic E-state index is 0.631. The Balaban J connectivity index is 2.08. The normalized spacial score (nSPS) is 10.6. The van der Waals surface area contributed by atoms with E-state index in [1.807, 2.05) is 48.5 Å². The first-order chi connectivity index (χ1) is 10.8. The predicted octanol–water partition coefficient (Wildman–Crippen LogP) is 4.22. The summed E-state index contributed by atoms with van der Waals surface area (Å²) >= 11 is 0. The second-order valence-corrected chi connectivity index (χ2v) is 5.05. The lowest BCUT2D eigenvalue weighted by Gasteiger charge is -2.22. The molecule has 22 heavy (non-hydrogen) atoms. The maximum atomic E-state index is 4.74. The fourth-order valence-electron chi connectivity index (χ4n) is 2.53. The maximum absolute atomic E-state index is 4.74. The van der Waals surface area contributed by atoms with Crippen LogP contribution >= 0.6 is 0 Å². The standard InChI is InChI=1S/C18H20N4/c1-3-22(4-2)17-15-12-8-9-13-16(15)20-18(21-17)19-14-10-6-5-7-11-14/h5-13H,3-4H2,1-2H3,(H,19,20,21). The van der Waals surface area contributed by atoms with Crippen LogP contribution in [0, 0.1) is 0 Å². The molecular weight excluding hydrogens is 272 g/mol. The first-order valence-corrected chi connectivity index (χ1v) is 7.65. The van der Waals surface area contributed by atoms with Crippen LogP contribution in [0.25, 0.3) is 10.9 Å². The van der Waals surface area contributed by atoms with Gasteiger partial charge in [0.1, 0.15) is 5.82 Å². The van der Waals surface area contributed by atoms with Crippen molar-refractivity contribution in [1.82, 2.24) is 9.97 Å². The molecule has 0 atom stereocenters. The van der Waals surface area contributed by atoms with E-state index < -0.39 is 0 Å². The molecule has 0 bridgehead atoms. The number of anilines is 3. The molecule has 0 spiro atoms. The lowest BCUT2D eigenvalue weighted by atomic mass is 10.2. The molecule has 1 aromatic heterocycles. The van der Waals surface area contributed by atoms with Gasteiger partial charge in [0.25, 0.3) is 0 Å². The van der Waals surface area contributed by atoms with Gasteiger partial charge in [-0.25, -0.2) is 4.98 Å². The van der Waals surface area contributed by atoms with E-state index in [4.69, 9.17) is 4.98 Å². The van der Waals surface area contributed by atoms with Gasteiger partial charge in [0.2, 0.25) is 5.95 Å². The zero-order valence-corrected chi connectivity index (χ0v) is 13.0. The second kappa shape index (κ2) is 6.43. The van der Waals surface area contributed by atoms with Crippen molar-refractivity contribution in [2.75, 3.05) is 23.3 Å². The summed E-state index contributed by atoms with van der Waals surface area (Å²) in [5.74, 6) is 1.61. The molecule has 1 N–H and O–H groups in total. The smallest absolute Gasteiger partial charge is 0.229 e. The number of hydrogen-bond donors (Lipinski definition) is 1. The minimum absolute atomic E-state index is 0.631. The van der Waals surface area contributed by atoms with Gasteiger partial charge in [-0.05, 0) is 38.1 Å². The highest BCUT2D eigenvalue weighted by atomic mass is 15.2. The van der Waals surface area contributed by atoms with E-state index >= 15 is 0 Å². The summed E-state index contributed by atoms with van der Waals surface area (Å²) < 4.78 is 0. The fourth-order valence-corrected chi connectivity index (χ4v) is 2.53. The molecule has 0 saturated heterocycles. The zero-order valence-electron chi connectivity index (χ0n) is 13.0. The van der Waals surface area contributed by atoms with E-state index in [9.17, 15) is 0 Å². The number of aromatic nitrogens is 2. The molecule has 4 nitrogen and oxygen atoms in total. The fraction of sp³-hybridized carbons (Fsp3) is 0.222. The van der Waals surface area contributed by atoms with E-state index in [2.05, 4.69) is 35.1 Å². The molecule has 0 saturated carbocycles. The Bertz CT molecular complexity index is 751. The van der Waals surface area contributed by atoms with Crippen LogP contribution in [-0.2, 0) is 0 Å². The van der Waals surface area contributed by atoms with Gasteiger partial charge in [0.15, 0.2) is 0 Å². The lowest BCUT2D eigenvalue weighted by Crippen LogP contribution is -2.23. The number of hydrogen-bond acceptors (Lipinski definition) is 4. The van der Waals surface area contributed by atoms with Crippen molar-refractivity contribution in [1.29, 1.82) is 0 Å². The van der Waals surface area contributed by atoms with Gasteiger partial charge in [0, 0.05) is 24.2 Å². The number of benzene rings is 2. The predicted molar refractivity (Wildman–Crippen MR) is 92.8 cm³/mol. The van der Waals surface area contributed by atoms with Crippen LogP contribution in [0.3, 0.4) is 0 Å². The molecule has 0 amide bonds. The molecule has 2 aromatic carbocycles. The number of nitrogens with one attached hydrogen (secondary N) is 1. The van der Waals surface area contributed by atoms with Gasteiger partial charge < -0.3 is 10.2 Å². The van der Waals surface area contributed by atoms with Gasteiger partial charge >= 0.3 is 0 Å². The molecule has 1 heterocycles. The van der Waals surface area contributed by atoms with E-state index in [0.717, 1.165) is 35.5 Å². The largest absolute Gasteiger partial charge is 0.356 e. The van der Waals surface area contributed by atoms with Crippen LogP contribution in [0.1, 0.15) is 13.8 Å². The first kappa shape index (κ1) is 14.3. The summed E-state index contributed by atoms with van der Waals surface area (Å²) in [7, 11) is 0. The molecule has 0 radical (unpaired) electrons. The monoisotopic (exact) mass is 292 g/mol. The topological polar surface area (TPSA) is 41.1 Å². The van der Waals surface area contributed by atoms with Crippen molar-refractivity contribution in [3.63, 3.8) is 0 Å². The van der Waals surface area contributed by atoms with E-state index in [1.54, 1.807) is 0 Å². The van der Waals surface area contributed by atoms with Gasteiger partial charge in [-0.15, -0.1) is 0 Å². The molecular formula is C18H20N4. The van der Waals surface area contributed by atoms with Crippen LogP contribution in [0.4, 0.5) is 17.5 Å². The zero-order chi connectivity index (χ0) is 15.4. The van der Waals surface area contributed by atoms with Crippen LogP contribution < -0.4 is 10.2 Å². The van der Waals surface area contributed by atoms with Crippen molar-refractivity contribution in [2.45, 2.75) is 13.8 Å². The minimum Gasteiger partial charge on any atom is -0.356 e. The molecule has 0 aliphatic carbocycles. The SMILES string of the molecule is CCN(CC)c1nc(Nc2ccccc2)nc2ccccc12. The summed E-state index contributed by atoms with van der Waals surface area (Å²) in [5.41, 5.74) is 1.95. The Kier molecular flexibility index (Phi) is 4.19. The van der Waals surface area contributed by atoms with Gasteiger partial charge in [-0.1, -0.05) is 30.3 Å². The van der Waals surface area contributed by atoms with Crippen molar-refractivity contribution in [3.8, 4) is 0 Å².